The largest absolute Gasteiger partial charge is 0.469 e. The molecule has 1 aromatic carbocycles. The van der Waals surface area contributed by atoms with Crippen molar-refractivity contribution in [1.82, 2.24) is 14.9 Å². The van der Waals surface area contributed by atoms with E-state index >= 15 is 0 Å². The highest BCUT2D eigenvalue weighted by Crippen LogP contribution is 2.13. The highest BCUT2D eigenvalue weighted by atomic mass is 16.5. The van der Waals surface area contributed by atoms with Crippen molar-refractivity contribution >= 4 is 17.0 Å². The average molecular weight is 247 g/mol. The van der Waals surface area contributed by atoms with Crippen LogP contribution in [0.1, 0.15) is 12.0 Å². The number of ether oxygens (including phenoxy) is 1. The van der Waals surface area contributed by atoms with E-state index in [4.69, 9.17) is 0 Å². The number of imidazole rings is 1. The van der Waals surface area contributed by atoms with Crippen LogP contribution in [0.25, 0.3) is 11.0 Å². The second kappa shape index (κ2) is 5.64. The molecule has 0 saturated heterocycles. The van der Waals surface area contributed by atoms with Crippen LogP contribution >= 0.6 is 0 Å². The van der Waals surface area contributed by atoms with Crippen molar-refractivity contribution in [3.63, 3.8) is 0 Å². The minimum Gasteiger partial charge on any atom is -0.469 e. The molecule has 2 rings (SSSR count). The van der Waals surface area contributed by atoms with E-state index in [0.717, 1.165) is 17.6 Å². The van der Waals surface area contributed by atoms with Gasteiger partial charge in [0.1, 0.15) is 0 Å². The molecule has 1 aromatic heterocycles. The number of aromatic nitrogens is 2. The fraction of sp³-hybridized carbons (Fsp3) is 0.385. The van der Waals surface area contributed by atoms with Gasteiger partial charge in [-0.15, -0.1) is 0 Å². The van der Waals surface area contributed by atoms with E-state index in [-0.39, 0.29) is 5.97 Å². The summed E-state index contributed by atoms with van der Waals surface area (Å²) < 4.78 is 4.62. The van der Waals surface area contributed by atoms with E-state index in [1.807, 2.05) is 13.1 Å². The van der Waals surface area contributed by atoms with E-state index in [0.29, 0.717) is 13.0 Å². The maximum absolute atomic E-state index is 11.0. The number of fused-ring (bicyclic) bond motifs is 1. The van der Waals surface area contributed by atoms with Gasteiger partial charge in [0.15, 0.2) is 0 Å². The molecule has 96 valence electrons. The van der Waals surface area contributed by atoms with Crippen LogP contribution in [0.2, 0.25) is 0 Å². The van der Waals surface area contributed by atoms with E-state index < -0.39 is 0 Å². The van der Waals surface area contributed by atoms with Crippen molar-refractivity contribution in [1.29, 1.82) is 0 Å². The third kappa shape index (κ3) is 3.07. The topological polar surface area (TPSA) is 58.2 Å². The lowest BCUT2D eigenvalue weighted by Crippen LogP contribution is -2.21. The fourth-order valence-electron chi connectivity index (χ4n) is 1.86. The molecule has 0 aliphatic heterocycles. The zero-order chi connectivity index (χ0) is 13.0. The van der Waals surface area contributed by atoms with E-state index in [1.54, 1.807) is 6.33 Å². The second-order valence-electron chi connectivity index (χ2n) is 4.32. The van der Waals surface area contributed by atoms with Crippen molar-refractivity contribution in [2.24, 2.45) is 0 Å². The monoisotopic (exact) mass is 247 g/mol. The van der Waals surface area contributed by atoms with Gasteiger partial charge in [-0.25, -0.2) is 4.98 Å². The predicted octanol–water partition coefficient (Wildman–Crippen LogP) is 1.56. The van der Waals surface area contributed by atoms with Crippen molar-refractivity contribution in [3.8, 4) is 0 Å². The van der Waals surface area contributed by atoms with Gasteiger partial charge in [-0.3, -0.25) is 4.79 Å². The number of esters is 1. The van der Waals surface area contributed by atoms with Gasteiger partial charge in [0, 0.05) is 13.1 Å². The number of aromatic amines is 1. The normalized spacial score (nSPS) is 11.1. The molecule has 0 aliphatic rings. The Bertz CT molecular complexity index is 536. The number of hydrogen-bond acceptors (Lipinski definition) is 4. The molecule has 1 N–H and O–H groups in total. The first-order valence-electron chi connectivity index (χ1n) is 5.86. The fourth-order valence-corrected chi connectivity index (χ4v) is 1.86. The molecular formula is C13H17N3O2. The number of nitrogens with zero attached hydrogens (tertiary/aromatic N) is 2. The Hall–Kier alpha value is -1.88. The molecule has 18 heavy (non-hydrogen) atoms. The second-order valence-corrected chi connectivity index (χ2v) is 4.32. The molecule has 0 unspecified atom stereocenters. The summed E-state index contributed by atoms with van der Waals surface area (Å²) in [7, 11) is 3.40. The van der Waals surface area contributed by atoms with Crippen LogP contribution < -0.4 is 0 Å². The van der Waals surface area contributed by atoms with Crippen LogP contribution in [-0.2, 0) is 16.1 Å². The number of methoxy groups -OCH3 is 1. The number of benzene rings is 1. The first-order chi connectivity index (χ1) is 8.69. The molecular weight excluding hydrogens is 230 g/mol. The van der Waals surface area contributed by atoms with Gasteiger partial charge in [-0.05, 0) is 24.7 Å². The van der Waals surface area contributed by atoms with Gasteiger partial charge >= 0.3 is 5.97 Å². The van der Waals surface area contributed by atoms with Crippen LogP contribution in [-0.4, -0.2) is 41.5 Å². The van der Waals surface area contributed by atoms with Crippen LogP contribution in [0, 0.1) is 0 Å². The summed E-state index contributed by atoms with van der Waals surface area (Å²) in [5, 5.41) is 0. The highest BCUT2D eigenvalue weighted by Gasteiger charge is 2.06. The molecule has 5 nitrogen and oxygen atoms in total. The van der Waals surface area contributed by atoms with Crippen LogP contribution in [0.5, 0.6) is 0 Å². The van der Waals surface area contributed by atoms with Gasteiger partial charge in [-0.2, -0.15) is 0 Å². The average Bonchev–Trinajstić information content (AvgIpc) is 2.83. The summed E-state index contributed by atoms with van der Waals surface area (Å²) in [6, 6.07) is 6.13. The molecule has 0 aliphatic carbocycles. The zero-order valence-corrected chi connectivity index (χ0v) is 10.6. The molecule has 5 heteroatoms. The quantitative estimate of drug-likeness (QED) is 0.815. The van der Waals surface area contributed by atoms with E-state index in [1.165, 1.54) is 12.7 Å². The Morgan fingerprint density at radius 2 is 2.33 bits per heavy atom. The standard InChI is InChI=1S/C13H17N3O2/c1-16(6-5-13(17)18-2)8-10-3-4-11-12(7-10)15-9-14-11/h3-4,7,9H,5-6,8H2,1-2H3,(H,14,15). The summed E-state index contributed by atoms with van der Waals surface area (Å²) >= 11 is 0. The maximum atomic E-state index is 11.0. The van der Waals surface area contributed by atoms with Crippen molar-refractivity contribution in [2.75, 3.05) is 20.7 Å². The first-order valence-corrected chi connectivity index (χ1v) is 5.86. The Kier molecular flexibility index (Phi) is 3.94. The third-order valence-corrected chi connectivity index (χ3v) is 2.86. The zero-order valence-electron chi connectivity index (χ0n) is 10.6. The Balaban J connectivity index is 1.93. The maximum Gasteiger partial charge on any atom is 0.306 e. The Labute approximate surface area is 106 Å². The summed E-state index contributed by atoms with van der Waals surface area (Å²) in [5.41, 5.74) is 3.20. The first kappa shape index (κ1) is 12.6. The van der Waals surface area contributed by atoms with Crippen LogP contribution in [0.4, 0.5) is 0 Å². The van der Waals surface area contributed by atoms with Gasteiger partial charge in [0.25, 0.3) is 0 Å². The third-order valence-electron chi connectivity index (χ3n) is 2.86. The predicted molar refractivity (Wildman–Crippen MR) is 69.1 cm³/mol. The smallest absolute Gasteiger partial charge is 0.306 e. The lowest BCUT2D eigenvalue weighted by Gasteiger charge is -2.15. The number of carbonyl (C=O) groups is 1. The molecule has 0 amide bonds. The lowest BCUT2D eigenvalue weighted by molar-refractivity contribution is -0.140. The van der Waals surface area contributed by atoms with Gasteiger partial charge in [0.05, 0.1) is 30.9 Å². The highest BCUT2D eigenvalue weighted by molar-refractivity contribution is 5.75. The molecule has 0 atom stereocenters. The van der Waals surface area contributed by atoms with Gasteiger partial charge in [0.2, 0.25) is 0 Å². The molecule has 0 bridgehead atoms. The van der Waals surface area contributed by atoms with Gasteiger partial charge in [-0.1, -0.05) is 6.07 Å². The summed E-state index contributed by atoms with van der Waals surface area (Å²) in [6.07, 6.45) is 2.11. The van der Waals surface area contributed by atoms with E-state index in [9.17, 15) is 4.79 Å². The van der Waals surface area contributed by atoms with Crippen molar-refractivity contribution in [2.45, 2.75) is 13.0 Å². The Morgan fingerprint density at radius 1 is 1.50 bits per heavy atom. The summed E-state index contributed by atoms with van der Waals surface area (Å²) in [6.45, 7) is 1.49. The summed E-state index contributed by atoms with van der Waals surface area (Å²) in [4.78, 5) is 20.4. The lowest BCUT2D eigenvalue weighted by atomic mass is 10.2. The minimum atomic E-state index is -0.175. The number of hydrogen-bond donors (Lipinski definition) is 1. The number of rotatable bonds is 5. The van der Waals surface area contributed by atoms with Crippen LogP contribution in [0.15, 0.2) is 24.5 Å². The number of nitrogens with one attached hydrogen (secondary N) is 1. The molecule has 0 spiro atoms. The summed E-state index contributed by atoms with van der Waals surface area (Å²) in [5.74, 6) is -0.175. The minimum absolute atomic E-state index is 0.175. The van der Waals surface area contributed by atoms with Crippen molar-refractivity contribution in [3.05, 3.63) is 30.1 Å². The Morgan fingerprint density at radius 3 is 3.11 bits per heavy atom. The van der Waals surface area contributed by atoms with Crippen LogP contribution in [0.3, 0.4) is 0 Å². The number of carbonyl (C=O) groups excluding carboxylic acids is 1. The number of H-pyrrole nitrogens is 1. The van der Waals surface area contributed by atoms with Crippen molar-refractivity contribution < 1.29 is 9.53 Å². The van der Waals surface area contributed by atoms with E-state index in [2.05, 4.69) is 31.7 Å². The molecule has 2 aromatic rings. The SMILES string of the molecule is COC(=O)CCN(C)Cc1ccc2nc[nH]c2c1. The molecule has 0 fully saturated rings. The molecule has 0 radical (unpaired) electrons. The molecule has 0 saturated carbocycles. The van der Waals surface area contributed by atoms with Gasteiger partial charge < -0.3 is 14.6 Å². The molecule has 1 heterocycles.